The fraction of sp³-hybridized carbons (Fsp3) is 0.667. The van der Waals surface area contributed by atoms with Crippen molar-refractivity contribution in [2.24, 2.45) is 4.99 Å². The monoisotopic (exact) mass is 505 g/mol. The fourth-order valence-corrected chi connectivity index (χ4v) is 3.02. The summed E-state index contributed by atoms with van der Waals surface area (Å²) in [5, 5.41) is 3.37. The summed E-state index contributed by atoms with van der Waals surface area (Å²) in [4.78, 5) is 6.89. The molecule has 1 fully saturated rings. The largest absolute Gasteiger partial charge is 0.494 e. The molecule has 0 saturated carbocycles. The number of guanidine groups is 1. The highest BCUT2D eigenvalue weighted by Crippen LogP contribution is 2.13. The predicted molar refractivity (Wildman–Crippen MR) is 125 cm³/mol. The average molecular weight is 505 g/mol. The van der Waals surface area contributed by atoms with Crippen LogP contribution in [0.2, 0.25) is 0 Å². The summed E-state index contributed by atoms with van der Waals surface area (Å²) in [6, 6.07) is 8.24. The molecule has 1 aliphatic heterocycles. The molecule has 0 unspecified atom stereocenters. The van der Waals surface area contributed by atoms with Gasteiger partial charge in [0.15, 0.2) is 5.96 Å². The minimum absolute atomic E-state index is 0. The highest BCUT2D eigenvalue weighted by atomic mass is 127. The molecule has 0 aromatic heterocycles. The van der Waals surface area contributed by atoms with E-state index in [1.165, 1.54) is 5.56 Å². The molecule has 1 aliphatic rings. The zero-order chi connectivity index (χ0) is 19.3. The molecule has 0 radical (unpaired) electrons. The molecule has 7 heteroatoms. The molecule has 6 nitrogen and oxygen atoms in total. The second-order valence-electron chi connectivity index (χ2n) is 6.70. The molecule has 1 saturated heterocycles. The van der Waals surface area contributed by atoms with Crippen molar-refractivity contribution in [3.8, 4) is 5.75 Å². The smallest absolute Gasteiger partial charge is 0.193 e. The summed E-state index contributed by atoms with van der Waals surface area (Å²) >= 11 is 0. The van der Waals surface area contributed by atoms with Crippen molar-refractivity contribution < 1.29 is 14.2 Å². The maximum atomic E-state index is 5.92. The van der Waals surface area contributed by atoms with Gasteiger partial charge >= 0.3 is 0 Å². The first kappa shape index (κ1) is 25.0. The Kier molecular flexibility index (Phi) is 13.3. The fourth-order valence-electron chi connectivity index (χ4n) is 3.02. The summed E-state index contributed by atoms with van der Waals surface area (Å²) < 4.78 is 16.8. The highest BCUT2D eigenvalue weighted by molar-refractivity contribution is 14.0. The summed E-state index contributed by atoms with van der Waals surface area (Å²) in [6.45, 7) is 9.60. The van der Waals surface area contributed by atoms with E-state index in [2.05, 4.69) is 36.3 Å². The molecule has 0 bridgehead atoms. The van der Waals surface area contributed by atoms with Crippen LogP contribution in [0.3, 0.4) is 0 Å². The maximum absolute atomic E-state index is 5.92. The molecule has 2 rings (SSSR count). The average Bonchev–Trinajstić information content (AvgIpc) is 2.69. The molecule has 28 heavy (non-hydrogen) atoms. The lowest BCUT2D eigenvalue weighted by atomic mass is 10.1. The topological polar surface area (TPSA) is 55.3 Å². The van der Waals surface area contributed by atoms with Crippen LogP contribution in [-0.4, -0.2) is 63.5 Å². The van der Waals surface area contributed by atoms with Crippen LogP contribution < -0.4 is 10.1 Å². The van der Waals surface area contributed by atoms with Gasteiger partial charge in [-0.05, 0) is 50.8 Å². The van der Waals surface area contributed by atoms with E-state index in [9.17, 15) is 0 Å². The molecule has 0 aliphatic carbocycles. The van der Waals surface area contributed by atoms with Gasteiger partial charge in [0.05, 0.1) is 12.7 Å². The highest BCUT2D eigenvalue weighted by Gasteiger charge is 2.13. The zero-order valence-electron chi connectivity index (χ0n) is 17.5. The summed E-state index contributed by atoms with van der Waals surface area (Å²) in [7, 11) is 2.07. The minimum Gasteiger partial charge on any atom is -0.494 e. The van der Waals surface area contributed by atoms with E-state index in [0.29, 0.717) is 12.7 Å². The first-order valence-electron chi connectivity index (χ1n) is 10.1. The normalized spacial score (nSPS) is 15.0. The summed E-state index contributed by atoms with van der Waals surface area (Å²) in [5.41, 5.74) is 1.23. The van der Waals surface area contributed by atoms with Gasteiger partial charge < -0.3 is 24.4 Å². The number of ether oxygens (including phenoxy) is 3. The number of benzene rings is 1. The second-order valence-corrected chi connectivity index (χ2v) is 6.70. The quantitative estimate of drug-likeness (QED) is 0.228. The first-order valence-corrected chi connectivity index (χ1v) is 10.1. The van der Waals surface area contributed by atoms with Crippen molar-refractivity contribution in [2.75, 3.05) is 46.6 Å². The van der Waals surface area contributed by atoms with E-state index >= 15 is 0 Å². The summed E-state index contributed by atoms with van der Waals surface area (Å²) in [6.07, 6.45) is 3.31. The number of hydrogen-bond acceptors (Lipinski definition) is 4. The Balaban J connectivity index is 0.00000392. The lowest BCUT2D eigenvalue weighted by Gasteiger charge is -2.23. The minimum atomic E-state index is 0. The van der Waals surface area contributed by atoms with Crippen molar-refractivity contribution in [1.82, 2.24) is 10.2 Å². The number of nitrogens with one attached hydrogen (secondary N) is 1. The Bertz CT molecular complexity index is 548. The predicted octanol–water partition coefficient (Wildman–Crippen LogP) is 3.69. The van der Waals surface area contributed by atoms with Gasteiger partial charge in [-0.25, -0.2) is 0 Å². The number of halogens is 1. The number of aliphatic imine (C=N–C) groups is 1. The number of nitrogens with zero attached hydrogens (tertiary/aromatic N) is 2. The molecular weight excluding hydrogens is 469 g/mol. The first-order chi connectivity index (χ1) is 13.2. The number of hydrogen-bond donors (Lipinski definition) is 1. The molecule has 0 atom stereocenters. The van der Waals surface area contributed by atoms with E-state index in [1.807, 2.05) is 19.1 Å². The van der Waals surface area contributed by atoms with Gasteiger partial charge in [0.25, 0.3) is 0 Å². The van der Waals surface area contributed by atoms with Gasteiger partial charge in [0, 0.05) is 46.5 Å². The van der Waals surface area contributed by atoms with Gasteiger partial charge in [-0.1, -0.05) is 12.1 Å². The van der Waals surface area contributed by atoms with Crippen LogP contribution in [0.1, 0.15) is 38.7 Å². The van der Waals surface area contributed by atoms with Gasteiger partial charge in [-0.15, -0.1) is 24.0 Å². The van der Waals surface area contributed by atoms with Crippen molar-refractivity contribution in [1.29, 1.82) is 0 Å². The number of rotatable bonds is 10. The molecule has 1 aromatic rings. The van der Waals surface area contributed by atoms with Crippen molar-refractivity contribution in [3.63, 3.8) is 0 Å². The third-order valence-corrected chi connectivity index (χ3v) is 4.44. The molecule has 1 aromatic carbocycles. The van der Waals surface area contributed by atoms with Gasteiger partial charge in [0.1, 0.15) is 5.75 Å². The molecule has 0 amide bonds. The van der Waals surface area contributed by atoms with Crippen LogP contribution in [0.15, 0.2) is 29.3 Å². The van der Waals surface area contributed by atoms with Crippen molar-refractivity contribution >= 4 is 29.9 Å². The zero-order valence-corrected chi connectivity index (χ0v) is 19.8. The molecule has 1 heterocycles. The van der Waals surface area contributed by atoms with E-state index in [-0.39, 0.29) is 24.0 Å². The Morgan fingerprint density at radius 3 is 2.57 bits per heavy atom. The van der Waals surface area contributed by atoms with Crippen LogP contribution in [0, 0.1) is 0 Å². The standard InChI is InChI=1S/C21H35N3O3.HI/c1-4-22-21(23-13-6-14-27-20-11-15-25-16-12-20)24(3)17-18-7-9-19(10-8-18)26-5-2;/h7-10,20H,4-6,11-17H2,1-3H3,(H,22,23);1H. The van der Waals surface area contributed by atoms with E-state index in [4.69, 9.17) is 19.2 Å². The Morgan fingerprint density at radius 2 is 1.93 bits per heavy atom. The molecule has 1 N–H and O–H groups in total. The van der Waals surface area contributed by atoms with Crippen LogP contribution in [0.25, 0.3) is 0 Å². The summed E-state index contributed by atoms with van der Waals surface area (Å²) in [5.74, 6) is 1.84. The van der Waals surface area contributed by atoms with E-state index in [0.717, 1.165) is 70.4 Å². The van der Waals surface area contributed by atoms with Crippen LogP contribution in [0.5, 0.6) is 5.75 Å². The van der Waals surface area contributed by atoms with Crippen LogP contribution in [-0.2, 0) is 16.0 Å². The van der Waals surface area contributed by atoms with Gasteiger partial charge in [0.2, 0.25) is 0 Å². The van der Waals surface area contributed by atoms with Crippen molar-refractivity contribution in [3.05, 3.63) is 29.8 Å². The Hall–Kier alpha value is -1.06. The van der Waals surface area contributed by atoms with E-state index in [1.54, 1.807) is 0 Å². The SMILES string of the molecule is CCNC(=NCCCOC1CCOCC1)N(C)Cc1ccc(OCC)cc1.I. The molecular formula is C21H36IN3O3. The molecule has 160 valence electrons. The molecule has 0 spiro atoms. The van der Waals surface area contributed by atoms with Crippen LogP contribution >= 0.6 is 24.0 Å². The van der Waals surface area contributed by atoms with Crippen LogP contribution in [0.4, 0.5) is 0 Å². The lowest BCUT2D eigenvalue weighted by Crippen LogP contribution is -2.38. The third-order valence-electron chi connectivity index (χ3n) is 4.44. The Morgan fingerprint density at radius 1 is 1.21 bits per heavy atom. The lowest BCUT2D eigenvalue weighted by molar-refractivity contribution is -0.0318. The Labute approximate surface area is 187 Å². The third kappa shape index (κ3) is 9.43. The van der Waals surface area contributed by atoms with Gasteiger partial charge in [-0.3, -0.25) is 4.99 Å². The van der Waals surface area contributed by atoms with E-state index < -0.39 is 0 Å². The maximum Gasteiger partial charge on any atom is 0.193 e. The van der Waals surface area contributed by atoms with Gasteiger partial charge in [-0.2, -0.15) is 0 Å². The van der Waals surface area contributed by atoms with Crippen molar-refractivity contribution in [2.45, 2.75) is 45.8 Å². The second kappa shape index (κ2) is 14.9.